The Balaban J connectivity index is 1.91. The summed E-state index contributed by atoms with van der Waals surface area (Å²) in [7, 11) is 1.55. The van der Waals surface area contributed by atoms with Crippen molar-refractivity contribution in [1.82, 2.24) is 10.2 Å². The van der Waals surface area contributed by atoms with Gasteiger partial charge < -0.3 is 24.4 Å². The molecule has 0 saturated carbocycles. The van der Waals surface area contributed by atoms with E-state index in [1.54, 1.807) is 37.1 Å². The summed E-state index contributed by atoms with van der Waals surface area (Å²) in [5.41, 5.74) is 0.521. The van der Waals surface area contributed by atoms with Crippen molar-refractivity contribution in [1.29, 1.82) is 0 Å². The maximum atomic E-state index is 12.5. The Morgan fingerprint density at radius 1 is 1.16 bits per heavy atom. The molecule has 0 unspecified atom stereocenters. The molecule has 1 N–H and O–H groups in total. The molecule has 1 aliphatic heterocycles. The van der Waals surface area contributed by atoms with E-state index >= 15 is 0 Å². The molecule has 1 heterocycles. The van der Waals surface area contributed by atoms with E-state index in [4.69, 9.17) is 14.2 Å². The van der Waals surface area contributed by atoms with E-state index in [-0.39, 0.29) is 18.0 Å². The number of likely N-dealkylation sites (tertiary alicyclic amines) is 1. The summed E-state index contributed by atoms with van der Waals surface area (Å²) in [4.78, 5) is 25.8. The minimum atomic E-state index is -0.288. The van der Waals surface area contributed by atoms with Crippen LogP contribution in [-0.2, 0) is 4.74 Å². The van der Waals surface area contributed by atoms with Crippen LogP contribution < -0.4 is 14.8 Å². The van der Waals surface area contributed by atoms with Crippen LogP contribution in [0.2, 0.25) is 0 Å². The zero-order valence-electron chi connectivity index (χ0n) is 15.0. The van der Waals surface area contributed by atoms with Gasteiger partial charge in [-0.25, -0.2) is 4.79 Å². The number of hydrogen-bond donors (Lipinski definition) is 1. The highest BCUT2D eigenvalue weighted by Crippen LogP contribution is 2.28. The van der Waals surface area contributed by atoms with Gasteiger partial charge in [-0.2, -0.15) is 0 Å². The van der Waals surface area contributed by atoms with Gasteiger partial charge in [0.25, 0.3) is 5.91 Å². The lowest BCUT2D eigenvalue weighted by atomic mass is 10.0. The van der Waals surface area contributed by atoms with Crippen molar-refractivity contribution in [3.8, 4) is 11.5 Å². The zero-order chi connectivity index (χ0) is 18.2. The van der Waals surface area contributed by atoms with E-state index in [1.165, 1.54) is 0 Å². The lowest BCUT2D eigenvalue weighted by molar-refractivity contribution is 0.0859. The molecule has 1 aliphatic rings. The van der Waals surface area contributed by atoms with E-state index in [0.717, 1.165) is 0 Å². The SMILES string of the molecule is CCOC(=O)N1CCC(NC(=O)c2ccc(OCC)c(OC)c2)CC1. The van der Waals surface area contributed by atoms with Gasteiger partial charge in [0, 0.05) is 24.7 Å². The molecule has 25 heavy (non-hydrogen) atoms. The van der Waals surface area contributed by atoms with Crippen molar-refractivity contribution < 1.29 is 23.8 Å². The summed E-state index contributed by atoms with van der Waals surface area (Å²) in [5.74, 6) is 0.992. The van der Waals surface area contributed by atoms with Crippen molar-refractivity contribution in [2.45, 2.75) is 32.7 Å². The Labute approximate surface area is 148 Å². The van der Waals surface area contributed by atoms with Gasteiger partial charge in [-0.15, -0.1) is 0 Å². The molecule has 0 aliphatic carbocycles. The first-order chi connectivity index (χ1) is 12.1. The van der Waals surface area contributed by atoms with Crippen LogP contribution in [0.25, 0.3) is 0 Å². The highest BCUT2D eigenvalue weighted by atomic mass is 16.6. The number of rotatable bonds is 6. The van der Waals surface area contributed by atoms with Crippen molar-refractivity contribution in [2.75, 3.05) is 33.4 Å². The molecule has 0 aromatic heterocycles. The number of nitrogens with zero attached hydrogens (tertiary/aromatic N) is 1. The van der Waals surface area contributed by atoms with Gasteiger partial charge in [0.05, 0.1) is 20.3 Å². The second-order valence-corrected chi connectivity index (χ2v) is 5.73. The van der Waals surface area contributed by atoms with Crippen LogP contribution in [0.15, 0.2) is 18.2 Å². The van der Waals surface area contributed by atoms with Gasteiger partial charge in [0.1, 0.15) is 0 Å². The van der Waals surface area contributed by atoms with Crippen LogP contribution in [0.1, 0.15) is 37.0 Å². The van der Waals surface area contributed by atoms with E-state index in [0.29, 0.717) is 56.2 Å². The van der Waals surface area contributed by atoms with Gasteiger partial charge in [0.2, 0.25) is 0 Å². The smallest absolute Gasteiger partial charge is 0.409 e. The Morgan fingerprint density at radius 2 is 1.88 bits per heavy atom. The Kier molecular flexibility index (Phi) is 6.91. The zero-order valence-corrected chi connectivity index (χ0v) is 15.0. The Bertz CT molecular complexity index is 597. The van der Waals surface area contributed by atoms with Crippen LogP contribution in [0, 0.1) is 0 Å². The monoisotopic (exact) mass is 350 g/mol. The molecule has 2 rings (SSSR count). The number of hydrogen-bond acceptors (Lipinski definition) is 5. The average Bonchev–Trinajstić information content (AvgIpc) is 2.63. The summed E-state index contributed by atoms with van der Waals surface area (Å²) in [6.45, 7) is 5.74. The third-order valence-electron chi connectivity index (χ3n) is 4.08. The third-order valence-corrected chi connectivity index (χ3v) is 4.08. The highest BCUT2D eigenvalue weighted by Gasteiger charge is 2.25. The van der Waals surface area contributed by atoms with Crippen LogP contribution in [0.5, 0.6) is 11.5 Å². The number of piperidine rings is 1. The third kappa shape index (κ3) is 5.01. The fourth-order valence-electron chi connectivity index (χ4n) is 2.77. The standard InChI is InChI=1S/C18H26N2O5/c1-4-24-15-7-6-13(12-16(15)23-3)17(21)19-14-8-10-20(11-9-14)18(22)25-5-2/h6-7,12,14H,4-5,8-11H2,1-3H3,(H,19,21). The highest BCUT2D eigenvalue weighted by molar-refractivity contribution is 5.95. The van der Waals surface area contributed by atoms with Gasteiger partial charge in [-0.1, -0.05) is 0 Å². The maximum absolute atomic E-state index is 12.5. The van der Waals surface area contributed by atoms with Crippen molar-refractivity contribution in [2.24, 2.45) is 0 Å². The average molecular weight is 350 g/mol. The van der Waals surface area contributed by atoms with E-state index in [2.05, 4.69) is 5.32 Å². The fraction of sp³-hybridized carbons (Fsp3) is 0.556. The molecule has 7 nitrogen and oxygen atoms in total. The number of carbonyl (C=O) groups excluding carboxylic acids is 2. The summed E-state index contributed by atoms with van der Waals surface area (Å²) >= 11 is 0. The largest absolute Gasteiger partial charge is 0.493 e. The predicted octanol–water partition coefficient (Wildman–Crippen LogP) is 2.44. The van der Waals surface area contributed by atoms with Gasteiger partial charge >= 0.3 is 6.09 Å². The van der Waals surface area contributed by atoms with E-state index < -0.39 is 0 Å². The first-order valence-electron chi connectivity index (χ1n) is 8.62. The quantitative estimate of drug-likeness (QED) is 0.853. The molecule has 2 amide bonds. The van der Waals surface area contributed by atoms with Crippen molar-refractivity contribution >= 4 is 12.0 Å². The number of benzene rings is 1. The molecule has 1 aromatic rings. The maximum Gasteiger partial charge on any atom is 0.409 e. The van der Waals surface area contributed by atoms with Crippen LogP contribution in [0.4, 0.5) is 4.79 Å². The molecule has 0 radical (unpaired) electrons. The minimum absolute atomic E-state index is 0.0377. The minimum Gasteiger partial charge on any atom is -0.493 e. The summed E-state index contributed by atoms with van der Waals surface area (Å²) in [5, 5.41) is 3.02. The molecule has 0 spiro atoms. The van der Waals surface area contributed by atoms with Gasteiger partial charge in [-0.3, -0.25) is 4.79 Å². The molecule has 7 heteroatoms. The van der Waals surface area contributed by atoms with Gasteiger partial charge in [0.15, 0.2) is 11.5 Å². The lowest BCUT2D eigenvalue weighted by Gasteiger charge is -2.31. The van der Waals surface area contributed by atoms with Crippen LogP contribution in [0.3, 0.4) is 0 Å². The van der Waals surface area contributed by atoms with E-state index in [9.17, 15) is 9.59 Å². The normalized spacial score (nSPS) is 14.8. The molecule has 1 fully saturated rings. The van der Waals surface area contributed by atoms with Crippen molar-refractivity contribution in [3.05, 3.63) is 23.8 Å². The van der Waals surface area contributed by atoms with E-state index in [1.807, 2.05) is 6.92 Å². The molecule has 0 atom stereocenters. The Hall–Kier alpha value is -2.44. The number of amides is 2. The van der Waals surface area contributed by atoms with Crippen molar-refractivity contribution in [3.63, 3.8) is 0 Å². The molecular formula is C18H26N2O5. The van der Waals surface area contributed by atoms with Crippen LogP contribution >= 0.6 is 0 Å². The molecule has 1 aromatic carbocycles. The second-order valence-electron chi connectivity index (χ2n) is 5.73. The fourth-order valence-corrected chi connectivity index (χ4v) is 2.77. The molecule has 0 bridgehead atoms. The number of ether oxygens (including phenoxy) is 3. The molecular weight excluding hydrogens is 324 g/mol. The summed E-state index contributed by atoms with van der Waals surface area (Å²) in [6.07, 6.45) is 1.13. The second kappa shape index (κ2) is 9.15. The first kappa shape index (κ1) is 18.9. The van der Waals surface area contributed by atoms with Gasteiger partial charge in [-0.05, 0) is 44.9 Å². The predicted molar refractivity (Wildman–Crippen MR) is 93.2 cm³/mol. The molecule has 138 valence electrons. The summed E-state index contributed by atoms with van der Waals surface area (Å²) < 4.78 is 15.7. The number of methoxy groups -OCH3 is 1. The topological polar surface area (TPSA) is 77.1 Å². The Morgan fingerprint density at radius 3 is 2.48 bits per heavy atom. The number of nitrogens with one attached hydrogen (secondary N) is 1. The first-order valence-corrected chi connectivity index (χ1v) is 8.62. The molecule has 1 saturated heterocycles. The summed E-state index contributed by atoms with van der Waals surface area (Å²) in [6, 6.07) is 5.17. The van der Waals surface area contributed by atoms with Crippen LogP contribution in [-0.4, -0.2) is 56.4 Å². The lowest BCUT2D eigenvalue weighted by Crippen LogP contribution is -2.46. The number of carbonyl (C=O) groups is 2.